The summed E-state index contributed by atoms with van der Waals surface area (Å²) in [6.07, 6.45) is 4.56. The van der Waals surface area contributed by atoms with Gasteiger partial charge in [-0.05, 0) is 37.1 Å². The van der Waals surface area contributed by atoms with Gasteiger partial charge in [-0.3, -0.25) is 0 Å². The van der Waals surface area contributed by atoms with Crippen LogP contribution in [0.1, 0.15) is 24.8 Å². The van der Waals surface area contributed by atoms with Gasteiger partial charge in [-0.25, -0.2) is 9.18 Å². The maximum atomic E-state index is 13.2. The fourth-order valence-electron chi connectivity index (χ4n) is 1.89. The Morgan fingerprint density at radius 1 is 1.55 bits per heavy atom. The lowest BCUT2D eigenvalue weighted by Crippen LogP contribution is -2.12. The number of carbonyl (C=O) groups is 1. The first kappa shape index (κ1) is 14.1. The molecule has 1 aromatic rings. The van der Waals surface area contributed by atoms with E-state index in [1.165, 1.54) is 24.3 Å². The van der Waals surface area contributed by atoms with Crippen molar-refractivity contribution in [2.75, 3.05) is 6.61 Å². The van der Waals surface area contributed by atoms with Crippen molar-refractivity contribution in [1.29, 1.82) is 5.26 Å². The first-order chi connectivity index (χ1) is 9.54. The van der Waals surface area contributed by atoms with E-state index in [1.807, 2.05) is 0 Å². The molecule has 2 rings (SSSR count). The zero-order chi connectivity index (χ0) is 14.6. The van der Waals surface area contributed by atoms with Crippen LogP contribution in [0.15, 0.2) is 24.3 Å². The molecule has 104 valence electrons. The Morgan fingerprint density at radius 2 is 2.30 bits per heavy atom. The van der Waals surface area contributed by atoms with Gasteiger partial charge in [0.15, 0.2) is 0 Å². The maximum Gasteiger partial charge on any atom is 0.328 e. The van der Waals surface area contributed by atoms with Gasteiger partial charge in [0.1, 0.15) is 11.6 Å². The second kappa shape index (κ2) is 5.74. The highest BCUT2D eigenvalue weighted by Gasteiger charge is 2.43. The Morgan fingerprint density at radius 3 is 2.90 bits per heavy atom. The van der Waals surface area contributed by atoms with Crippen LogP contribution in [-0.2, 0) is 4.79 Å². The van der Waals surface area contributed by atoms with E-state index >= 15 is 0 Å². The molecule has 0 aliphatic heterocycles. The van der Waals surface area contributed by atoms with Crippen LogP contribution in [0.4, 0.5) is 4.39 Å². The highest BCUT2D eigenvalue weighted by atomic mass is 19.1. The van der Waals surface area contributed by atoms with Crippen molar-refractivity contribution in [2.24, 2.45) is 5.41 Å². The van der Waals surface area contributed by atoms with Crippen molar-refractivity contribution in [3.63, 3.8) is 0 Å². The van der Waals surface area contributed by atoms with Gasteiger partial charge in [0, 0.05) is 23.5 Å². The van der Waals surface area contributed by atoms with Crippen molar-refractivity contribution in [2.45, 2.75) is 19.3 Å². The third-order valence-electron chi connectivity index (χ3n) is 3.32. The van der Waals surface area contributed by atoms with Crippen LogP contribution < -0.4 is 4.74 Å². The SMILES string of the molecule is N#CCC1(COc2ccc(F)cc2/C=C/C(=O)O)CC1. The minimum Gasteiger partial charge on any atom is -0.492 e. The molecule has 1 aliphatic carbocycles. The highest BCUT2D eigenvalue weighted by Crippen LogP contribution is 2.48. The second-order valence-electron chi connectivity index (χ2n) is 4.98. The van der Waals surface area contributed by atoms with E-state index in [2.05, 4.69) is 6.07 Å². The molecule has 5 heteroatoms. The number of nitrogens with zero attached hydrogens (tertiary/aromatic N) is 1. The summed E-state index contributed by atoms with van der Waals surface area (Å²) < 4.78 is 18.8. The molecule has 1 fully saturated rings. The topological polar surface area (TPSA) is 70.3 Å². The predicted molar refractivity (Wildman–Crippen MR) is 70.5 cm³/mol. The minimum absolute atomic E-state index is 0.0864. The normalized spacial score (nSPS) is 15.8. The van der Waals surface area contributed by atoms with Crippen molar-refractivity contribution in [3.8, 4) is 11.8 Å². The Labute approximate surface area is 116 Å². The first-order valence-corrected chi connectivity index (χ1v) is 6.25. The number of carboxylic acids is 1. The second-order valence-corrected chi connectivity index (χ2v) is 4.98. The van der Waals surface area contributed by atoms with Crippen LogP contribution in [-0.4, -0.2) is 17.7 Å². The van der Waals surface area contributed by atoms with Gasteiger partial charge in [-0.15, -0.1) is 0 Å². The molecule has 0 bridgehead atoms. The summed E-state index contributed by atoms with van der Waals surface area (Å²) in [5.41, 5.74) is 0.289. The zero-order valence-electron chi connectivity index (χ0n) is 10.8. The Bertz CT molecular complexity index is 585. The largest absolute Gasteiger partial charge is 0.492 e. The van der Waals surface area contributed by atoms with E-state index in [4.69, 9.17) is 15.1 Å². The van der Waals surface area contributed by atoms with E-state index in [0.29, 0.717) is 24.3 Å². The molecule has 1 saturated carbocycles. The molecule has 20 heavy (non-hydrogen) atoms. The Hall–Kier alpha value is -2.35. The summed E-state index contributed by atoms with van der Waals surface area (Å²) in [4.78, 5) is 10.5. The van der Waals surface area contributed by atoms with Crippen LogP contribution in [0.5, 0.6) is 5.75 Å². The van der Waals surface area contributed by atoms with Gasteiger partial charge >= 0.3 is 5.97 Å². The molecular weight excluding hydrogens is 261 g/mol. The summed E-state index contributed by atoms with van der Waals surface area (Å²) in [6, 6.07) is 6.09. The molecule has 1 aliphatic rings. The smallest absolute Gasteiger partial charge is 0.328 e. The van der Waals surface area contributed by atoms with Crippen LogP contribution in [0.25, 0.3) is 6.08 Å². The van der Waals surface area contributed by atoms with E-state index in [-0.39, 0.29) is 5.41 Å². The lowest BCUT2D eigenvalue weighted by Gasteiger charge is -2.14. The quantitative estimate of drug-likeness (QED) is 0.810. The fraction of sp³-hybridized carbons (Fsp3) is 0.333. The van der Waals surface area contributed by atoms with Crippen LogP contribution in [0.3, 0.4) is 0 Å². The Balaban J connectivity index is 2.11. The monoisotopic (exact) mass is 275 g/mol. The molecule has 0 radical (unpaired) electrons. The molecule has 0 unspecified atom stereocenters. The Kier molecular flexibility index (Phi) is 4.04. The molecular formula is C15H14FNO3. The fourth-order valence-corrected chi connectivity index (χ4v) is 1.89. The number of benzene rings is 1. The summed E-state index contributed by atoms with van der Waals surface area (Å²) in [5.74, 6) is -1.14. The van der Waals surface area contributed by atoms with E-state index < -0.39 is 11.8 Å². The number of hydrogen-bond acceptors (Lipinski definition) is 3. The summed E-state index contributed by atoms with van der Waals surface area (Å²) in [6.45, 7) is 0.389. The summed E-state index contributed by atoms with van der Waals surface area (Å²) in [5, 5.41) is 17.4. The van der Waals surface area contributed by atoms with Gasteiger partial charge in [-0.2, -0.15) is 5.26 Å². The first-order valence-electron chi connectivity index (χ1n) is 6.25. The highest BCUT2D eigenvalue weighted by molar-refractivity contribution is 5.85. The van der Waals surface area contributed by atoms with Gasteiger partial charge in [0.05, 0.1) is 12.7 Å². The van der Waals surface area contributed by atoms with Crippen molar-refractivity contribution < 1.29 is 19.0 Å². The van der Waals surface area contributed by atoms with Crippen molar-refractivity contribution in [1.82, 2.24) is 0 Å². The lowest BCUT2D eigenvalue weighted by atomic mass is 10.1. The minimum atomic E-state index is -1.11. The molecule has 0 heterocycles. The number of halogens is 1. The van der Waals surface area contributed by atoms with Gasteiger partial charge < -0.3 is 9.84 Å². The predicted octanol–water partition coefficient (Wildman–Crippen LogP) is 3.00. The average molecular weight is 275 g/mol. The van der Waals surface area contributed by atoms with Crippen LogP contribution in [0, 0.1) is 22.6 Å². The molecule has 0 amide bonds. The summed E-state index contributed by atoms with van der Waals surface area (Å²) in [7, 11) is 0. The van der Waals surface area contributed by atoms with Gasteiger partial charge in [-0.1, -0.05) is 0 Å². The molecule has 0 aromatic heterocycles. The van der Waals surface area contributed by atoms with Crippen LogP contribution >= 0.6 is 0 Å². The number of rotatable bonds is 6. The number of nitriles is 1. The van der Waals surface area contributed by atoms with E-state index in [0.717, 1.165) is 18.9 Å². The van der Waals surface area contributed by atoms with Crippen LogP contribution in [0.2, 0.25) is 0 Å². The molecule has 1 N–H and O–H groups in total. The molecule has 0 atom stereocenters. The third kappa shape index (κ3) is 3.58. The van der Waals surface area contributed by atoms with E-state index in [9.17, 15) is 9.18 Å². The molecule has 4 nitrogen and oxygen atoms in total. The average Bonchev–Trinajstić information content (AvgIpc) is 3.16. The number of hydrogen-bond donors (Lipinski definition) is 1. The van der Waals surface area contributed by atoms with E-state index in [1.54, 1.807) is 0 Å². The van der Waals surface area contributed by atoms with Gasteiger partial charge in [0.25, 0.3) is 0 Å². The number of ether oxygens (including phenoxy) is 1. The third-order valence-corrected chi connectivity index (χ3v) is 3.32. The van der Waals surface area contributed by atoms with Crippen molar-refractivity contribution >= 4 is 12.0 Å². The maximum absolute atomic E-state index is 13.2. The van der Waals surface area contributed by atoms with Crippen molar-refractivity contribution in [3.05, 3.63) is 35.7 Å². The molecule has 0 saturated heterocycles. The zero-order valence-corrected chi connectivity index (χ0v) is 10.8. The summed E-state index contributed by atoms with van der Waals surface area (Å²) >= 11 is 0. The number of aliphatic carboxylic acids is 1. The molecule has 0 spiro atoms. The van der Waals surface area contributed by atoms with Gasteiger partial charge in [0.2, 0.25) is 0 Å². The molecule has 1 aromatic carbocycles. The lowest BCUT2D eigenvalue weighted by molar-refractivity contribution is -0.131. The number of carboxylic acid groups (broad SMARTS) is 1. The standard InChI is InChI=1S/C15H14FNO3/c16-12-2-3-13(11(9-12)1-4-14(18)19)20-10-15(5-6-15)7-8-17/h1-4,9H,5-7,10H2,(H,18,19)/b4-1+.